The van der Waals surface area contributed by atoms with Gasteiger partial charge in [0.05, 0.1) is 19.3 Å². The number of carbonyl (C=O) groups is 2. The second-order valence-corrected chi connectivity index (χ2v) is 6.85. The summed E-state index contributed by atoms with van der Waals surface area (Å²) in [5, 5.41) is 11.7. The highest BCUT2D eigenvalue weighted by Gasteiger charge is 2.33. The summed E-state index contributed by atoms with van der Waals surface area (Å²) < 4.78 is 25.0. The molecule has 0 saturated carbocycles. The van der Waals surface area contributed by atoms with Crippen molar-refractivity contribution in [2.24, 2.45) is 7.05 Å². The number of hydrogen-bond acceptors (Lipinski definition) is 8. The van der Waals surface area contributed by atoms with Crippen LogP contribution in [0.25, 0.3) is 22.6 Å². The monoisotopic (exact) mass is 426 g/mol. The first kappa shape index (κ1) is 20.4. The van der Waals surface area contributed by atoms with E-state index in [-0.39, 0.29) is 25.5 Å². The van der Waals surface area contributed by atoms with E-state index in [2.05, 4.69) is 20.4 Å². The molecule has 1 aliphatic rings. The van der Waals surface area contributed by atoms with Crippen LogP contribution >= 0.6 is 0 Å². The molecule has 4 rings (SSSR count). The molecule has 0 N–H and O–H groups in total. The largest absolute Gasteiger partial charge is 0.462 e. The number of carbonyl (C=O) groups excluding carboxylic acids is 2. The Labute approximate surface area is 176 Å². The maximum absolute atomic E-state index is 14.8. The van der Waals surface area contributed by atoms with Crippen LogP contribution in [0.3, 0.4) is 0 Å². The van der Waals surface area contributed by atoms with Crippen LogP contribution < -0.4 is 4.90 Å². The number of esters is 1. The van der Waals surface area contributed by atoms with Crippen molar-refractivity contribution in [3.63, 3.8) is 0 Å². The molecule has 10 nitrogen and oxygen atoms in total. The van der Waals surface area contributed by atoms with Gasteiger partial charge in [0.2, 0.25) is 5.82 Å². The van der Waals surface area contributed by atoms with E-state index >= 15 is 0 Å². The fraction of sp³-hybridized carbons (Fsp3) is 0.300. The van der Waals surface area contributed by atoms with Gasteiger partial charge in [-0.05, 0) is 29.5 Å². The first-order chi connectivity index (χ1) is 14.9. The van der Waals surface area contributed by atoms with Gasteiger partial charge in [-0.3, -0.25) is 14.7 Å². The van der Waals surface area contributed by atoms with Crippen molar-refractivity contribution in [1.29, 1.82) is 0 Å². The van der Waals surface area contributed by atoms with Crippen molar-refractivity contribution in [3.8, 4) is 22.6 Å². The number of pyridine rings is 1. The lowest BCUT2D eigenvalue weighted by Gasteiger charge is -2.14. The lowest BCUT2D eigenvalue weighted by atomic mass is 10.1. The van der Waals surface area contributed by atoms with Crippen molar-refractivity contribution < 1.29 is 23.5 Å². The molecule has 0 bridgehead atoms. The SMILES string of the molecule is CCC(=O)OC[C@H]1CN(c2ccc(-c3ccc(-c4nnn(C)n4)nc3)c(F)c2)C(=O)O1. The second kappa shape index (κ2) is 8.46. The second-order valence-electron chi connectivity index (χ2n) is 6.85. The molecule has 3 aromatic rings. The molecule has 160 valence electrons. The number of hydrogen-bond donors (Lipinski definition) is 0. The van der Waals surface area contributed by atoms with Crippen LogP contribution in [-0.4, -0.2) is 56.5 Å². The highest BCUT2D eigenvalue weighted by atomic mass is 19.1. The van der Waals surface area contributed by atoms with E-state index in [0.717, 1.165) is 0 Å². The number of aromatic nitrogens is 5. The van der Waals surface area contributed by atoms with Crippen LogP contribution in [0.2, 0.25) is 0 Å². The first-order valence-corrected chi connectivity index (χ1v) is 9.58. The molecule has 0 spiro atoms. The maximum atomic E-state index is 14.8. The number of benzene rings is 1. The van der Waals surface area contributed by atoms with Gasteiger partial charge in [-0.2, -0.15) is 4.80 Å². The molecule has 1 saturated heterocycles. The number of halogens is 1. The zero-order valence-corrected chi connectivity index (χ0v) is 16.9. The summed E-state index contributed by atoms with van der Waals surface area (Å²) in [5.74, 6) is -0.519. The maximum Gasteiger partial charge on any atom is 0.414 e. The summed E-state index contributed by atoms with van der Waals surface area (Å²) in [7, 11) is 1.65. The molecule has 2 aromatic heterocycles. The summed E-state index contributed by atoms with van der Waals surface area (Å²) in [6.07, 6.45) is 0.540. The number of anilines is 1. The Kier molecular flexibility index (Phi) is 5.56. The van der Waals surface area contributed by atoms with Crippen LogP contribution in [-0.2, 0) is 21.3 Å². The van der Waals surface area contributed by atoms with Crippen LogP contribution in [0.1, 0.15) is 13.3 Å². The van der Waals surface area contributed by atoms with Gasteiger partial charge in [0.1, 0.15) is 18.1 Å². The molecule has 1 amide bonds. The molecule has 3 heterocycles. The van der Waals surface area contributed by atoms with Crippen molar-refractivity contribution in [2.75, 3.05) is 18.1 Å². The Morgan fingerprint density at radius 2 is 2.16 bits per heavy atom. The molecule has 1 aliphatic heterocycles. The number of tetrazole rings is 1. The molecule has 1 atom stereocenters. The predicted molar refractivity (Wildman–Crippen MR) is 106 cm³/mol. The van der Waals surface area contributed by atoms with Gasteiger partial charge in [-0.1, -0.05) is 13.0 Å². The van der Waals surface area contributed by atoms with Gasteiger partial charge in [0, 0.05) is 23.7 Å². The van der Waals surface area contributed by atoms with E-state index in [1.165, 1.54) is 22.0 Å². The number of amides is 1. The molecule has 0 radical (unpaired) electrons. The van der Waals surface area contributed by atoms with Crippen LogP contribution in [0, 0.1) is 5.82 Å². The lowest BCUT2D eigenvalue weighted by molar-refractivity contribution is -0.145. The highest BCUT2D eigenvalue weighted by Crippen LogP contribution is 2.29. The Morgan fingerprint density at radius 1 is 1.32 bits per heavy atom. The highest BCUT2D eigenvalue weighted by molar-refractivity contribution is 5.90. The Bertz CT molecular complexity index is 1120. The van der Waals surface area contributed by atoms with Crippen molar-refractivity contribution >= 4 is 17.7 Å². The van der Waals surface area contributed by atoms with Gasteiger partial charge in [-0.15, -0.1) is 10.2 Å². The normalized spacial score (nSPS) is 15.8. The van der Waals surface area contributed by atoms with E-state index in [1.807, 2.05) is 0 Å². The van der Waals surface area contributed by atoms with Crippen molar-refractivity contribution in [2.45, 2.75) is 19.4 Å². The minimum Gasteiger partial charge on any atom is -0.462 e. The zero-order valence-electron chi connectivity index (χ0n) is 16.9. The van der Waals surface area contributed by atoms with Crippen molar-refractivity contribution in [3.05, 3.63) is 42.3 Å². The van der Waals surface area contributed by atoms with Crippen LogP contribution in [0.4, 0.5) is 14.9 Å². The third-order valence-electron chi connectivity index (χ3n) is 4.67. The standard InChI is InChI=1S/C20H19FN6O4/c1-3-18(28)30-11-14-10-27(20(29)31-14)13-5-6-15(16(21)8-13)12-4-7-17(22-9-12)19-23-25-26(2)24-19/h4-9,14H,3,10-11H2,1-2H3/t14-/m1/s1. The number of rotatable bonds is 6. The van der Waals surface area contributed by atoms with Gasteiger partial charge in [0.15, 0.2) is 6.10 Å². The first-order valence-electron chi connectivity index (χ1n) is 9.58. The topological polar surface area (TPSA) is 112 Å². The Hall–Kier alpha value is -3.89. The average molecular weight is 426 g/mol. The Morgan fingerprint density at radius 3 is 2.81 bits per heavy atom. The summed E-state index contributed by atoms with van der Waals surface area (Å²) in [5.41, 5.74) is 1.76. The molecular weight excluding hydrogens is 407 g/mol. The van der Waals surface area contributed by atoms with Gasteiger partial charge in [0.25, 0.3) is 0 Å². The van der Waals surface area contributed by atoms with E-state index in [9.17, 15) is 14.0 Å². The van der Waals surface area contributed by atoms with E-state index in [0.29, 0.717) is 28.3 Å². The molecule has 11 heteroatoms. The molecular formula is C20H19FN6O4. The quantitative estimate of drug-likeness (QED) is 0.552. The van der Waals surface area contributed by atoms with E-state index in [4.69, 9.17) is 9.47 Å². The van der Waals surface area contributed by atoms with Gasteiger partial charge < -0.3 is 9.47 Å². The summed E-state index contributed by atoms with van der Waals surface area (Å²) in [6.45, 7) is 1.81. The number of cyclic esters (lactones) is 1. The number of aryl methyl sites for hydroxylation is 1. The van der Waals surface area contributed by atoms with E-state index < -0.39 is 18.0 Å². The fourth-order valence-electron chi connectivity index (χ4n) is 3.09. The van der Waals surface area contributed by atoms with Gasteiger partial charge >= 0.3 is 12.1 Å². The van der Waals surface area contributed by atoms with Crippen molar-refractivity contribution in [1.82, 2.24) is 25.2 Å². The third-order valence-corrected chi connectivity index (χ3v) is 4.67. The smallest absolute Gasteiger partial charge is 0.414 e. The minimum atomic E-state index is -0.618. The average Bonchev–Trinajstić information content (AvgIpc) is 3.37. The Balaban J connectivity index is 1.48. The lowest BCUT2D eigenvalue weighted by Crippen LogP contribution is -2.26. The van der Waals surface area contributed by atoms with Crippen LogP contribution in [0.15, 0.2) is 36.5 Å². The number of nitrogens with zero attached hydrogens (tertiary/aromatic N) is 6. The predicted octanol–water partition coefficient (Wildman–Crippen LogP) is 2.36. The summed E-state index contributed by atoms with van der Waals surface area (Å²) in [4.78, 5) is 30.3. The molecule has 31 heavy (non-hydrogen) atoms. The number of ether oxygens (including phenoxy) is 2. The van der Waals surface area contributed by atoms with E-state index in [1.54, 1.807) is 38.2 Å². The molecule has 0 unspecified atom stereocenters. The fourth-order valence-corrected chi connectivity index (χ4v) is 3.09. The summed E-state index contributed by atoms with van der Waals surface area (Å²) in [6, 6.07) is 7.84. The minimum absolute atomic E-state index is 0.0336. The third kappa shape index (κ3) is 4.34. The summed E-state index contributed by atoms with van der Waals surface area (Å²) >= 11 is 0. The molecule has 0 aliphatic carbocycles. The molecule has 1 fully saturated rings. The van der Waals surface area contributed by atoms with Crippen LogP contribution in [0.5, 0.6) is 0 Å². The van der Waals surface area contributed by atoms with Gasteiger partial charge in [-0.25, -0.2) is 9.18 Å². The molecule has 1 aromatic carbocycles. The zero-order chi connectivity index (χ0) is 22.0.